The fourth-order valence-corrected chi connectivity index (χ4v) is 4.22. The highest BCUT2D eigenvalue weighted by Gasteiger charge is 2.25. The summed E-state index contributed by atoms with van der Waals surface area (Å²) in [7, 11) is 0. The van der Waals surface area contributed by atoms with Crippen LogP contribution in [0, 0.1) is 18.7 Å². The first-order valence-corrected chi connectivity index (χ1v) is 12.1. The molecule has 1 aliphatic rings. The third-order valence-corrected chi connectivity index (χ3v) is 6.32. The van der Waals surface area contributed by atoms with Crippen LogP contribution in [0.15, 0.2) is 72.9 Å². The average Bonchev–Trinajstić information content (AvgIpc) is 3.65. The second-order valence-corrected chi connectivity index (χ2v) is 9.19. The lowest BCUT2D eigenvalue weighted by Crippen LogP contribution is -2.25. The molecule has 5 rings (SSSR count). The van der Waals surface area contributed by atoms with Crippen LogP contribution in [0.2, 0.25) is 0 Å². The summed E-state index contributed by atoms with van der Waals surface area (Å²) in [5.41, 5.74) is 10.2. The Morgan fingerprint density at radius 2 is 2.00 bits per heavy atom. The van der Waals surface area contributed by atoms with Gasteiger partial charge in [0, 0.05) is 12.7 Å². The van der Waals surface area contributed by atoms with Crippen molar-refractivity contribution in [1.29, 1.82) is 0 Å². The number of carbonyl (C=O) groups is 1. The highest BCUT2D eigenvalue weighted by molar-refractivity contribution is 6.03. The number of nitrogens with one attached hydrogen (secondary N) is 2. The Kier molecular flexibility index (Phi) is 6.88. The van der Waals surface area contributed by atoms with Crippen LogP contribution in [-0.2, 0) is 6.54 Å². The molecule has 2 heterocycles. The highest BCUT2D eigenvalue weighted by Crippen LogP contribution is 2.31. The lowest BCUT2D eigenvalue weighted by Gasteiger charge is -2.20. The number of aromatic nitrogens is 3. The molecule has 0 bridgehead atoms. The summed E-state index contributed by atoms with van der Waals surface area (Å²) in [6, 6.07) is 19.5. The number of benzene rings is 2. The monoisotopic (exact) mass is 484 g/mol. The Balaban J connectivity index is 1.43. The van der Waals surface area contributed by atoms with Gasteiger partial charge in [0.15, 0.2) is 0 Å². The van der Waals surface area contributed by atoms with Gasteiger partial charge in [-0.05, 0) is 85.8 Å². The van der Waals surface area contributed by atoms with Gasteiger partial charge in [0.2, 0.25) is 0 Å². The Hall–Kier alpha value is -3.88. The van der Waals surface area contributed by atoms with Crippen LogP contribution >= 0.6 is 0 Å². The molecular formula is C28H29FN6O. The molecular weight excluding hydrogens is 455 g/mol. The number of rotatable bonds is 9. The Bertz CT molecular complexity index is 1370. The summed E-state index contributed by atoms with van der Waals surface area (Å²) < 4.78 is 16.4. The van der Waals surface area contributed by atoms with E-state index in [4.69, 9.17) is 5.73 Å². The van der Waals surface area contributed by atoms with Gasteiger partial charge in [-0.2, -0.15) is 5.10 Å². The molecule has 4 N–H and O–H groups in total. The summed E-state index contributed by atoms with van der Waals surface area (Å²) in [6.07, 6.45) is 4.18. The van der Waals surface area contributed by atoms with Crippen molar-refractivity contribution in [2.24, 2.45) is 11.7 Å². The van der Waals surface area contributed by atoms with E-state index in [1.165, 1.54) is 18.9 Å². The predicted molar refractivity (Wildman–Crippen MR) is 137 cm³/mol. The van der Waals surface area contributed by atoms with Gasteiger partial charge in [-0.25, -0.2) is 9.07 Å². The molecule has 1 fully saturated rings. The molecule has 1 atom stereocenters. The number of nitrogens with two attached hydrogens (primary N) is 1. The molecule has 4 aromatic rings. The van der Waals surface area contributed by atoms with Gasteiger partial charge < -0.3 is 16.4 Å². The van der Waals surface area contributed by atoms with Crippen molar-refractivity contribution in [1.82, 2.24) is 20.1 Å². The van der Waals surface area contributed by atoms with Crippen molar-refractivity contribution in [3.63, 3.8) is 0 Å². The second kappa shape index (κ2) is 10.4. The number of carbonyl (C=O) groups excluding carboxylic acids is 1. The lowest BCUT2D eigenvalue weighted by atomic mass is 10.0. The summed E-state index contributed by atoms with van der Waals surface area (Å²) >= 11 is 0. The van der Waals surface area contributed by atoms with E-state index in [-0.39, 0.29) is 11.7 Å². The number of anilines is 1. The average molecular weight is 485 g/mol. The van der Waals surface area contributed by atoms with Gasteiger partial charge in [0.25, 0.3) is 5.91 Å². The van der Waals surface area contributed by atoms with E-state index >= 15 is 0 Å². The van der Waals surface area contributed by atoms with Gasteiger partial charge >= 0.3 is 0 Å². The maximum atomic E-state index is 14.9. The van der Waals surface area contributed by atoms with Gasteiger partial charge in [-0.1, -0.05) is 24.3 Å². The first-order chi connectivity index (χ1) is 17.5. The van der Waals surface area contributed by atoms with Gasteiger partial charge in [-0.3, -0.25) is 9.78 Å². The number of hydrogen-bond acceptors (Lipinski definition) is 5. The second-order valence-electron chi connectivity index (χ2n) is 9.19. The number of hydrogen-bond donors (Lipinski definition) is 3. The van der Waals surface area contributed by atoms with Crippen molar-refractivity contribution >= 4 is 11.6 Å². The van der Waals surface area contributed by atoms with E-state index < -0.39 is 11.7 Å². The highest BCUT2D eigenvalue weighted by atomic mass is 19.1. The zero-order chi connectivity index (χ0) is 25.1. The third kappa shape index (κ3) is 5.35. The molecule has 36 heavy (non-hydrogen) atoms. The van der Waals surface area contributed by atoms with Crippen LogP contribution in [0.1, 0.15) is 51.9 Å². The van der Waals surface area contributed by atoms with Gasteiger partial charge in [0.05, 0.1) is 28.8 Å². The van der Waals surface area contributed by atoms with E-state index in [1.54, 1.807) is 29.1 Å². The van der Waals surface area contributed by atoms with E-state index in [9.17, 15) is 9.18 Å². The molecule has 0 spiro atoms. The number of amides is 1. The van der Waals surface area contributed by atoms with Crippen LogP contribution in [0.4, 0.5) is 10.1 Å². The fourth-order valence-electron chi connectivity index (χ4n) is 4.22. The molecule has 1 unspecified atom stereocenters. The van der Waals surface area contributed by atoms with Crippen molar-refractivity contribution in [3.05, 3.63) is 107 Å². The zero-order valence-corrected chi connectivity index (χ0v) is 20.1. The molecule has 2 aromatic carbocycles. The van der Waals surface area contributed by atoms with Gasteiger partial charge in [0.1, 0.15) is 11.5 Å². The molecule has 184 valence electrons. The molecule has 1 amide bonds. The first kappa shape index (κ1) is 23.8. The smallest absolute Gasteiger partial charge is 0.274 e. The molecule has 2 aromatic heterocycles. The van der Waals surface area contributed by atoms with Crippen LogP contribution < -0.4 is 16.4 Å². The van der Waals surface area contributed by atoms with Crippen LogP contribution in [0.25, 0.3) is 5.69 Å². The summed E-state index contributed by atoms with van der Waals surface area (Å²) in [6.45, 7) is 3.05. The minimum absolute atomic E-state index is 0.104. The number of halogens is 1. The molecule has 0 radical (unpaired) electrons. The maximum Gasteiger partial charge on any atom is 0.274 e. The lowest BCUT2D eigenvalue weighted by molar-refractivity contribution is 0.101. The normalized spacial score (nSPS) is 14.0. The quantitative estimate of drug-likeness (QED) is 0.325. The topological polar surface area (TPSA) is 97.9 Å². The Morgan fingerprint density at radius 1 is 1.14 bits per heavy atom. The number of pyridine rings is 1. The third-order valence-electron chi connectivity index (χ3n) is 6.32. The number of nitrogens with zero attached hydrogens (tertiary/aromatic N) is 3. The van der Waals surface area contributed by atoms with E-state index in [0.717, 1.165) is 23.4 Å². The molecule has 1 saturated carbocycles. The Morgan fingerprint density at radius 3 is 2.75 bits per heavy atom. The van der Waals surface area contributed by atoms with Crippen LogP contribution in [-0.4, -0.2) is 27.2 Å². The van der Waals surface area contributed by atoms with Crippen molar-refractivity contribution in [2.45, 2.75) is 32.4 Å². The van der Waals surface area contributed by atoms with Crippen LogP contribution in [0.5, 0.6) is 0 Å². The van der Waals surface area contributed by atoms with Crippen molar-refractivity contribution in [3.8, 4) is 5.69 Å². The van der Waals surface area contributed by atoms with Crippen LogP contribution in [0.3, 0.4) is 0 Å². The zero-order valence-electron chi connectivity index (χ0n) is 20.1. The predicted octanol–water partition coefficient (Wildman–Crippen LogP) is 4.51. The molecule has 0 aliphatic heterocycles. The Labute approximate surface area is 209 Å². The van der Waals surface area contributed by atoms with Crippen molar-refractivity contribution in [2.75, 3.05) is 11.9 Å². The van der Waals surface area contributed by atoms with E-state index in [1.807, 2.05) is 49.4 Å². The largest absolute Gasteiger partial charge is 0.326 e. The summed E-state index contributed by atoms with van der Waals surface area (Å²) in [4.78, 5) is 17.8. The molecule has 0 saturated heterocycles. The standard InChI is InChI=1S/C28H29FN6O/c1-18-13-26(35(34-18)22-6-4-5-20(14-22)16-30)28(36)33-25-15-21(10-11-23(25)29)27(32-17-19-8-9-19)24-7-2-3-12-31-24/h2-7,10-15,19,27,32H,8-9,16-17,30H2,1H3,(H,33,36). The minimum Gasteiger partial charge on any atom is -0.326 e. The SMILES string of the molecule is Cc1cc(C(=O)Nc2cc(C(NCC3CC3)c3ccccn3)ccc2F)n(-c2cccc(CN)c2)n1. The molecule has 7 nitrogen and oxygen atoms in total. The minimum atomic E-state index is -0.512. The summed E-state index contributed by atoms with van der Waals surface area (Å²) in [5.74, 6) is -0.302. The first-order valence-electron chi connectivity index (χ1n) is 12.1. The van der Waals surface area contributed by atoms with E-state index in [2.05, 4.69) is 20.7 Å². The maximum absolute atomic E-state index is 14.9. The van der Waals surface area contributed by atoms with Crippen molar-refractivity contribution < 1.29 is 9.18 Å². The molecule has 1 aliphatic carbocycles. The summed E-state index contributed by atoms with van der Waals surface area (Å²) in [5, 5.41) is 10.8. The number of aryl methyl sites for hydroxylation is 1. The molecule has 8 heteroatoms. The van der Waals surface area contributed by atoms with E-state index in [0.29, 0.717) is 29.5 Å². The van der Waals surface area contributed by atoms with Gasteiger partial charge in [-0.15, -0.1) is 0 Å². The fraction of sp³-hybridized carbons (Fsp3) is 0.250.